The molecule has 2 fully saturated rings. The molecule has 2 aliphatic heterocycles. The van der Waals surface area contributed by atoms with E-state index in [-0.39, 0.29) is 5.91 Å². The Bertz CT molecular complexity index is 954. The summed E-state index contributed by atoms with van der Waals surface area (Å²) in [5.74, 6) is 0.500. The summed E-state index contributed by atoms with van der Waals surface area (Å²) in [4.78, 5) is 15.9. The van der Waals surface area contributed by atoms with E-state index >= 15 is 0 Å². The number of morpholine rings is 1. The van der Waals surface area contributed by atoms with Gasteiger partial charge in [0.25, 0.3) is 5.91 Å². The molecule has 10 heteroatoms. The molecule has 8 nitrogen and oxygen atoms in total. The number of rotatable bonds is 11. The third-order valence-corrected chi connectivity index (χ3v) is 9.55. The second kappa shape index (κ2) is 14.3. The highest BCUT2D eigenvalue weighted by atomic mass is 32.2. The first-order valence-electron chi connectivity index (χ1n) is 12.8. The zero-order valence-electron chi connectivity index (χ0n) is 21.1. The number of carbonyl (C=O) groups excluding carboxylic acids is 1. The molecule has 2 saturated heterocycles. The lowest BCUT2D eigenvalue weighted by Gasteiger charge is -2.26. The maximum atomic E-state index is 13.2. The van der Waals surface area contributed by atoms with E-state index in [4.69, 9.17) is 9.47 Å². The van der Waals surface area contributed by atoms with Crippen LogP contribution >= 0.6 is 11.3 Å². The summed E-state index contributed by atoms with van der Waals surface area (Å²) in [7, 11) is 1.58. The zero-order valence-corrected chi connectivity index (χ0v) is 22.7. The van der Waals surface area contributed by atoms with Crippen molar-refractivity contribution in [2.45, 2.75) is 42.5 Å². The van der Waals surface area contributed by atoms with Crippen LogP contribution in [0.1, 0.15) is 40.9 Å². The number of thiophene rings is 1. The average Bonchev–Trinajstić information content (AvgIpc) is 3.27. The van der Waals surface area contributed by atoms with Crippen molar-refractivity contribution in [3.8, 4) is 5.75 Å². The second-order valence-electron chi connectivity index (χ2n) is 9.20. The van der Waals surface area contributed by atoms with Gasteiger partial charge in [-0.1, -0.05) is 17.4 Å². The lowest BCUT2D eigenvalue weighted by molar-refractivity contribution is 0.0373. The van der Waals surface area contributed by atoms with Crippen molar-refractivity contribution in [2.75, 3.05) is 59.6 Å². The largest absolute Gasteiger partial charge is 0.592 e. The molecule has 198 valence electrons. The fourth-order valence-electron chi connectivity index (χ4n) is 4.58. The fourth-order valence-corrected chi connectivity index (χ4v) is 7.18. The van der Waals surface area contributed by atoms with Crippen LogP contribution in [0.5, 0.6) is 5.75 Å². The molecular weight excluding hydrogens is 496 g/mol. The molecule has 2 atom stereocenters. The Hall–Kier alpha value is -1.66. The van der Waals surface area contributed by atoms with Gasteiger partial charge in [-0.15, -0.1) is 4.31 Å². The number of hydrogen-bond donors (Lipinski definition) is 2. The Morgan fingerprint density at radius 2 is 2.06 bits per heavy atom. The van der Waals surface area contributed by atoms with Crippen molar-refractivity contribution in [1.29, 1.82) is 0 Å². The van der Waals surface area contributed by atoms with Crippen molar-refractivity contribution in [3.63, 3.8) is 0 Å². The standard InChI is InChI=1S/C26H38N4O4S2/c1-33-23-7-2-5-21(19-23)26(31)28-20-24-8-9-25(35-24)36(32)30-13-3-6-22(10-14-30)27-11-4-12-29-15-17-34-18-16-29/h2,5,7-9,19,22,27H,3-4,6,10-18,20H2,1H3,(H,28,31). The first-order chi connectivity index (χ1) is 17.6. The number of methoxy groups -OCH3 is 1. The molecule has 1 amide bonds. The van der Waals surface area contributed by atoms with Gasteiger partial charge < -0.3 is 24.7 Å². The highest BCUT2D eigenvalue weighted by Crippen LogP contribution is 2.27. The van der Waals surface area contributed by atoms with Crippen molar-refractivity contribution in [3.05, 3.63) is 46.8 Å². The number of benzene rings is 1. The van der Waals surface area contributed by atoms with Gasteiger partial charge in [0.15, 0.2) is 0 Å². The van der Waals surface area contributed by atoms with Gasteiger partial charge in [-0.2, -0.15) is 0 Å². The van der Waals surface area contributed by atoms with Crippen LogP contribution in [0.2, 0.25) is 0 Å². The highest BCUT2D eigenvalue weighted by molar-refractivity contribution is 7.91. The van der Waals surface area contributed by atoms with Gasteiger partial charge in [-0.3, -0.25) is 9.69 Å². The second-order valence-corrected chi connectivity index (χ2v) is 12.1. The number of carbonyl (C=O) groups is 1. The number of amides is 1. The molecule has 2 unspecified atom stereocenters. The first-order valence-corrected chi connectivity index (χ1v) is 14.8. The van der Waals surface area contributed by atoms with Gasteiger partial charge in [0.05, 0.1) is 38.2 Å². The van der Waals surface area contributed by atoms with E-state index in [1.165, 1.54) is 11.3 Å². The molecule has 4 rings (SSSR count). The van der Waals surface area contributed by atoms with Gasteiger partial charge in [0.2, 0.25) is 4.21 Å². The van der Waals surface area contributed by atoms with Crippen molar-refractivity contribution < 1.29 is 18.8 Å². The number of ether oxygens (including phenoxy) is 2. The fraction of sp³-hybridized carbons (Fsp3) is 0.577. The molecular formula is C26H38N4O4S2. The van der Waals surface area contributed by atoms with Crippen LogP contribution < -0.4 is 15.4 Å². The molecule has 0 spiro atoms. The van der Waals surface area contributed by atoms with Crippen molar-refractivity contribution in [1.82, 2.24) is 19.8 Å². The normalized spacial score (nSPS) is 20.6. The van der Waals surface area contributed by atoms with Gasteiger partial charge in [0, 0.05) is 48.7 Å². The molecule has 2 aromatic rings. The molecule has 0 radical (unpaired) electrons. The topological polar surface area (TPSA) is 89.1 Å². The Kier molecular flexibility index (Phi) is 10.9. The Morgan fingerprint density at radius 3 is 2.89 bits per heavy atom. The first kappa shape index (κ1) is 27.4. The van der Waals surface area contributed by atoms with Crippen LogP contribution in [-0.2, 0) is 22.6 Å². The third kappa shape index (κ3) is 8.17. The molecule has 0 bridgehead atoms. The summed E-state index contributed by atoms with van der Waals surface area (Å²) < 4.78 is 26.8. The zero-order chi connectivity index (χ0) is 25.2. The summed E-state index contributed by atoms with van der Waals surface area (Å²) in [6.45, 7) is 8.03. The molecule has 2 N–H and O–H groups in total. The van der Waals surface area contributed by atoms with Gasteiger partial charge in [0.1, 0.15) is 5.75 Å². The van der Waals surface area contributed by atoms with E-state index in [9.17, 15) is 9.35 Å². The Labute approximate surface area is 221 Å². The summed E-state index contributed by atoms with van der Waals surface area (Å²) in [5.41, 5.74) is 0.559. The molecule has 0 saturated carbocycles. The van der Waals surface area contributed by atoms with E-state index in [0.717, 1.165) is 87.3 Å². The minimum Gasteiger partial charge on any atom is -0.592 e. The average molecular weight is 535 g/mol. The number of hydrogen-bond acceptors (Lipinski definition) is 8. The minimum atomic E-state index is -1.16. The van der Waals surface area contributed by atoms with Crippen LogP contribution in [0.15, 0.2) is 40.6 Å². The van der Waals surface area contributed by atoms with E-state index in [0.29, 0.717) is 23.9 Å². The van der Waals surface area contributed by atoms with Gasteiger partial charge in [-0.25, -0.2) is 0 Å². The van der Waals surface area contributed by atoms with Crippen molar-refractivity contribution in [2.24, 2.45) is 0 Å². The predicted molar refractivity (Wildman–Crippen MR) is 144 cm³/mol. The van der Waals surface area contributed by atoms with Crippen LogP contribution in [0.4, 0.5) is 0 Å². The van der Waals surface area contributed by atoms with Crippen LogP contribution in [0, 0.1) is 0 Å². The maximum absolute atomic E-state index is 13.2. The third-order valence-electron chi connectivity index (χ3n) is 6.67. The van der Waals surface area contributed by atoms with E-state index < -0.39 is 11.4 Å². The van der Waals surface area contributed by atoms with E-state index in [1.54, 1.807) is 25.3 Å². The highest BCUT2D eigenvalue weighted by Gasteiger charge is 2.27. The van der Waals surface area contributed by atoms with Crippen LogP contribution in [-0.4, -0.2) is 85.3 Å². The SMILES string of the molecule is COc1cccc(C(=O)NCc2ccc([S+]([O-])N3CCCC(NCCCN4CCOCC4)CC3)s2)c1. The summed E-state index contributed by atoms with van der Waals surface area (Å²) >= 11 is 0.343. The lowest BCUT2D eigenvalue weighted by atomic mass is 10.1. The summed E-state index contributed by atoms with van der Waals surface area (Å²) in [5, 5.41) is 6.67. The van der Waals surface area contributed by atoms with Crippen molar-refractivity contribution >= 4 is 28.6 Å². The van der Waals surface area contributed by atoms with E-state index in [1.807, 2.05) is 18.2 Å². The molecule has 3 heterocycles. The predicted octanol–water partition coefficient (Wildman–Crippen LogP) is 2.88. The maximum Gasteiger partial charge on any atom is 0.251 e. The molecule has 36 heavy (non-hydrogen) atoms. The Balaban J connectivity index is 1.18. The van der Waals surface area contributed by atoms with Gasteiger partial charge >= 0.3 is 0 Å². The summed E-state index contributed by atoms with van der Waals surface area (Å²) in [6.07, 6.45) is 4.33. The van der Waals surface area contributed by atoms with Crippen LogP contribution in [0.3, 0.4) is 0 Å². The summed E-state index contributed by atoms with van der Waals surface area (Å²) in [6, 6.07) is 11.5. The van der Waals surface area contributed by atoms with Crippen LogP contribution in [0.25, 0.3) is 0 Å². The smallest absolute Gasteiger partial charge is 0.251 e. The van der Waals surface area contributed by atoms with E-state index in [2.05, 4.69) is 19.8 Å². The lowest BCUT2D eigenvalue weighted by Crippen LogP contribution is -2.39. The molecule has 2 aliphatic rings. The quantitative estimate of drug-likeness (QED) is 0.339. The molecule has 0 aliphatic carbocycles. The van der Waals surface area contributed by atoms with Gasteiger partial charge in [-0.05, 0) is 63.0 Å². The minimum absolute atomic E-state index is 0.152. The number of nitrogens with zero attached hydrogens (tertiary/aromatic N) is 2. The number of nitrogens with one attached hydrogen (secondary N) is 2. The monoisotopic (exact) mass is 534 g/mol. The Morgan fingerprint density at radius 1 is 1.19 bits per heavy atom. The molecule has 1 aromatic heterocycles. The molecule has 1 aromatic carbocycles.